The van der Waals surface area contributed by atoms with Crippen LogP contribution in [0.15, 0.2) is 18.2 Å². The molecule has 0 unspecified atom stereocenters. The molecule has 2 heterocycles. The molecule has 1 aliphatic heterocycles. The van der Waals surface area contributed by atoms with Crippen molar-refractivity contribution in [3.05, 3.63) is 29.8 Å². The molecule has 1 aromatic carbocycles. The first-order chi connectivity index (χ1) is 9.17. The summed E-state index contributed by atoms with van der Waals surface area (Å²) in [6.45, 7) is 0.979. The predicted molar refractivity (Wildman–Crippen MR) is 68.0 cm³/mol. The summed E-state index contributed by atoms with van der Waals surface area (Å²) in [4.78, 5) is 9.26. The van der Waals surface area contributed by atoms with Gasteiger partial charge in [-0.2, -0.15) is 0 Å². The van der Waals surface area contributed by atoms with Gasteiger partial charge in [-0.05, 0) is 18.6 Å². The molecule has 0 amide bonds. The second-order valence-electron chi connectivity index (χ2n) is 4.97. The second-order valence-corrected chi connectivity index (χ2v) is 4.97. The zero-order chi connectivity index (χ0) is 13.4. The van der Waals surface area contributed by atoms with Crippen LogP contribution in [0, 0.1) is 5.82 Å². The van der Waals surface area contributed by atoms with E-state index in [1.807, 2.05) is 4.90 Å². The van der Waals surface area contributed by atoms with Crippen LogP contribution in [0.5, 0.6) is 0 Å². The topological polar surface area (TPSA) is 72.4 Å². The lowest BCUT2D eigenvalue weighted by atomic mass is 10.2. The van der Waals surface area contributed by atoms with Crippen molar-refractivity contribution < 1.29 is 14.6 Å². The molecule has 0 bridgehead atoms. The highest BCUT2D eigenvalue weighted by molar-refractivity contribution is 5.75. The van der Waals surface area contributed by atoms with Gasteiger partial charge in [-0.15, -0.1) is 0 Å². The van der Waals surface area contributed by atoms with E-state index in [0.29, 0.717) is 36.4 Å². The number of benzene rings is 1. The number of aromatic nitrogens is 2. The highest BCUT2D eigenvalue weighted by Gasteiger charge is 2.30. The molecular weight excluding hydrogens is 249 g/mol. The number of para-hydroxylation sites is 1. The Morgan fingerprint density at radius 1 is 1.47 bits per heavy atom. The quantitative estimate of drug-likeness (QED) is 0.761. The van der Waals surface area contributed by atoms with Crippen LogP contribution in [0.4, 0.5) is 4.39 Å². The molecule has 0 radical (unpaired) electrons. The number of hydrogen-bond donors (Lipinski definition) is 3. The van der Waals surface area contributed by atoms with E-state index in [2.05, 4.69) is 9.97 Å². The van der Waals surface area contributed by atoms with Gasteiger partial charge in [-0.3, -0.25) is 4.90 Å². The summed E-state index contributed by atoms with van der Waals surface area (Å²) in [5.41, 5.74) is 0.994. The van der Waals surface area contributed by atoms with Crippen LogP contribution in [0.2, 0.25) is 0 Å². The van der Waals surface area contributed by atoms with E-state index in [0.717, 1.165) is 0 Å². The van der Waals surface area contributed by atoms with Gasteiger partial charge < -0.3 is 15.2 Å². The molecule has 19 heavy (non-hydrogen) atoms. The summed E-state index contributed by atoms with van der Waals surface area (Å²) in [5.74, 6) is 0.299. The number of aliphatic hydroxyl groups excluding tert-OH is 2. The number of hydrogen-bond acceptors (Lipinski definition) is 4. The van der Waals surface area contributed by atoms with E-state index in [9.17, 15) is 14.6 Å². The maximum absolute atomic E-state index is 13.5. The van der Waals surface area contributed by atoms with E-state index < -0.39 is 6.10 Å². The van der Waals surface area contributed by atoms with E-state index in [-0.39, 0.29) is 18.5 Å². The summed E-state index contributed by atoms with van der Waals surface area (Å²) < 4.78 is 13.5. The van der Waals surface area contributed by atoms with Crippen LogP contribution in [0.3, 0.4) is 0 Å². The maximum atomic E-state index is 13.5. The lowest BCUT2D eigenvalue weighted by molar-refractivity contribution is 0.147. The number of aliphatic hydroxyl groups is 2. The number of aromatic amines is 1. The van der Waals surface area contributed by atoms with Crippen molar-refractivity contribution in [2.24, 2.45) is 0 Å². The molecule has 2 aromatic rings. The molecule has 3 N–H and O–H groups in total. The molecule has 1 aromatic heterocycles. The predicted octanol–water partition coefficient (Wildman–Crippen LogP) is 0.629. The molecule has 0 aliphatic carbocycles. The third kappa shape index (κ3) is 2.34. The largest absolute Gasteiger partial charge is 0.395 e. The molecule has 3 rings (SSSR count). The van der Waals surface area contributed by atoms with Crippen LogP contribution in [0.1, 0.15) is 12.2 Å². The Hall–Kier alpha value is -1.50. The van der Waals surface area contributed by atoms with Crippen molar-refractivity contribution in [1.82, 2.24) is 14.9 Å². The number of nitrogens with zero attached hydrogens (tertiary/aromatic N) is 2. The van der Waals surface area contributed by atoms with Gasteiger partial charge in [0.05, 0.1) is 24.8 Å². The Balaban J connectivity index is 1.83. The summed E-state index contributed by atoms with van der Waals surface area (Å²) >= 11 is 0. The van der Waals surface area contributed by atoms with Gasteiger partial charge >= 0.3 is 0 Å². The zero-order valence-electron chi connectivity index (χ0n) is 10.4. The number of fused-ring (bicyclic) bond motifs is 1. The fraction of sp³-hybridized carbons (Fsp3) is 0.462. The number of nitrogens with one attached hydrogen (secondary N) is 1. The molecule has 6 heteroatoms. The van der Waals surface area contributed by atoms with Crippen molar-refractivity contribution in [1.29, 1.82) is 0 Å². The summed E-state index contributed by atoms with van der Waals surface area (Å²) in [7, 11) is 0. The Morgan fingerprint density at radius 2 is 2.32 bits per heavy atom. The van der Waals surface area contributed by atoms with Gasteiger partial charge in [0.15, 0.2) is 5.82 Å². The highest BCUT2D eigenvalue weighted by Crippen LogP contribution is 2.21. The molecule has 1 saturated heterocycles. The van der Waals surface area contributed by atoms with Crippen molar-refractivity contribution >= 4 is 11.0 Å². The Kier molecular flexibility index (Phi) is 3.22. The number of rotatable bonds is 3. The van der Waals surface area contributed by atoms with Gasteiger partial charge in [-0.25, -0.2) is 9.37 Å². The standard InChI is InChI=1S/C13H16FN3O2/c14-10-2-1-3-11-13(10)16-12(15-11)6-17-5-9(19)4-8(17)7-18/h1-3,8-9,18-19H,4-7H2,(H,15,16)/t8-,9-/m0/s1. The van der Waals surface area contributed by atoms with Crippen LogP contribution >= 0.6 is 0 Å². The minimum Gasteiger partial charge on any atom is -0.395 e. The van der Waals surface area contributed by atoms with Crippen molar-refractivity contribution in [2.75, 3.05) is 13.2 Å². The summed E-state index contributed by atoms with van der Waals surface area (Å²) in [6.07, 6.45) is 0.142. The molecule has 0 spiro atoms. The smallest absolute Gasteiger partial charge is 0.151 e. The van der Waals surface area contributed by atoms with Crippen LogP contribution in [0.25, 0.3) is 11.0 Å². The number of halogens is 1. The lowest BCUT2D eigenvalue weighted by Gasteiger charge is -2.20. The molecule has 1 fully saturated rings. The first-order valence-electron chi connectivity index (χ1n) is 6.33. The normalized spacial score (nSPS) is 24.4. The average Bonchev–Trinajstić information content (AvgIpc) is 2.94. The minimum atomic E-state index is -0.418. The third-order valence-corrected chi connectivity index (χ3v) is 3.58. The van der Waals surface area contributed by atoms with E-state index in [4.69, 9.17) is 0 Å². The SMILES string of the molecule is OC[C@@H]1C[C@H](O)CN1Cc1nc2c(F)cccc2[nH]1. The monoisotopic (exact) mass is 265 g/mol. The fourth-order valence-corrected chi connectivity index (χ4v) is 2.66. The molecule has 102 valence electrons. The van der Waals surface area contributed by atoms with Crippen LogP contribution in [-0.4, -0.2) is 50.4 Å². The van der Waals surface area contributed by atoms with Crippen LogP contribution in [-0.2, 0) is 6.54 Å². The molecule has 1 aliphatic rings. The second kappa shape index (κ2) is 4.88. The lowest BCUT2D eigenvalue weighted by Crippen LogP contribution is -2.32. The third-order valence-electron chi connectivity index (χ3n) is 3.58. The molecule has 5 nitrogen and oxygen atoms in total. The Labute approximate surface area is 109 Å². The van der Waals surface area contributed by atoms with E-state index >= 15 is 0 Å². The molecule has 2 atom stereocenters. The summed E-state index contributed by atoms with van der Waals surface area (Å²) in [5, 5.41) is 18.9. The molecular formula is C13H16FN3O2. The van der Waals surface area contributed by atoms with Gasteiger partial charge in [-0.1, -0.05) is 6.07 Å². The average molecular weight is 265 g/mol. The van der Waals surface area contributed by atoms with Gasteiger partial charge in [0.1, 0.15) is 11.3 Å². The first-order valence-corrected chi connectivity index (χ1v) is 6.33. The Morgan fingerprint density at radius 3 is 3.05 bits per heavy atom. The Bertz CT molecular complexity index is 586. The van der Waals surface area contributed by atoms with Crippen molar-refractivity contribution in [2.45, 2.75) is 25.1 Å². The fourth-order valence-electron chi connectivity index (χ4n) is 2.66. The van der Waals surface area contributed by atoms with Crippen LogP contribution < -0.4 is 0 Å². The number of H-pyrrole nitrogens is 1. The molecule has 0 saturated carbocycles. The van der Waals surface area contributed by atoms with Crippen molar-refractivity contribution in [3.8, 4) is 0 Å². The van der Waals surface area contributed by atoms with E-state index in [1.54, 1.807) is 12.1 Å². The van der Waals surface area contributed by atoms with Crippen molar-refractivity contribution in [3.63, 3.8) is 0 Å². The van der Waals surface area contributed by atoms with E-state index in [1.165, 1.54) is 6.07 Å². The number of likely N-dealkylation sites (tertiary alicyclic amines) is 1. The zero-order valence-corrected chi connectivity index (χ0v) is 10.4. The van der Waals surface area contributed by atoms with Gasteiger partial charge in [0.25, 0.3) is 0 Å². The van der Waals surface area contributed by atoms with Gasteiger partial charge in [0.2, 0.25) is 0 Å². The number of imidazole rings is 1. The summed E-state index contributed by atoms with van der Waals surface area (Å²) in [6, 6.07) is 4.73. The minimum absolute atomic E-state index is 0.00560. The first kappa shape index (κ1) is 12.5. The maximum Gasteiger partial charge on any atom is 0.151 e. The van der Waals surface area contributed by atoms with Gasteiger partial charge in [0, 0.05) is 12.6 Å². The highest BCUT2D eigenvalue weighted by atomic mass is 19.1. The number of β-amino-alcohol motifs (C(OH)–C–C–N with tert-alkyl or cyclic N) is 1.